The van der Waals surface area contributed by atoms with E-state index in [1.165, 1.54) is 6.07 Å². The van der Waals surface area contributed by atoms with Crippen molar-refractivity contribution >= 4 is 41.3 Å². The third-order valence-electron chi connectivity index (χ3n) is 4.08. The third kappa shape index (κ3) is 3.60. The fourth-order valence-corrected chi connectivity index (χ4v) is 3.73. The third-order valence-corrected chi connectivity index (χ3v) is 5.43. The van der Waals surface area contributed by atoms with E-state index in [2.05, 4.69) is 0 Å². The number of ether oxygens (including phenoxy) is 2. The van der Waals surface area contributed by atoms with E-state index in [4.69, 9.17) is 20.2 Å². The van der Waals surface area contributed by atoms with E-state index in [0.717, 1.165) is 34.7 Å². The smallest absolute Gasteiger partial charge is 0.261 e. The average Bonchev–Trinajstić information content (AvgIpc) is 2.63. The Labute approximate surface area is 158 Å². The molecule has 0 saturated carbocycles. The van der Waals surface area contributed by atoms with E-state index in [0.29, 0.717) is 24.3 Å². The Morgan fingerprint density at radius 3 is 1.81 bits per heavy atom. The molecule has 3 aromatic rings. The van der Waals surface area contributed by atoms with Crippen molar-refractivity contribution in [3.63, 3.8) is 0 Å². The van der Waals surface area contributed by atoms with Crippen LogP contribution in [0.1, 0.15) is 26.7 Å². The number of fused-ring (bicyclic) bond motifs is 2. The van der Waals surface area contributed by atoms with Crippen molar-refractivity contribution < 1.29 is 17.9 Å². The Morgan fingerprint density at radius 2 is 1.31 bits per heavy atom. The summed E-state index contributed by atoms with van der Waals surface area (Å²) < 4.78 is 35.7. The van der Waals surface area contributed by atoms with Gasteiger partial charge in [-0.2, -0.15) is 0 Å². The molecule has 0 heterocycles. The maximum absolute atomic E-state index is 11.8. The molecule has 4 nitrogen and oxygen atoms in total. The van der Waals surface area contributed by atoms with E-state index < -0.39 is 9.05 Å². The molecule has 3 aromatic carbocycles. The van der Waals surface area contributed by atoms with Crippen LogP contribution in [0.4, 0.5) is 0 Å². The van der Waals surface area contributed by atoms with Gasteiger partial charge < -0.3 is 9.47 Å². The highest BCUT2D eigenvalue weighted by Crippen LogP contribution is 2.43. The van der Waals surface area contributed by atoms with Gasteiger partial charge in [0, 0.05) is 32.2 Å². The summed E-state index contributed by atoms with van der Waals surface area (Å²) >= 11 is 0. The zero-order chi connectivity index (χ0) is 18.7. The molecule has 0 spiro atoms. The standard InChI is InChI=1S/C20H21ClO4S/c1-3-11-24-19-15-7-5-6-8-16(15)20(25-12-4-2)18-13-14(26(21,22)23)9-10-17(18)19/h5-10,13H,3-4,11-12H2,1-2H3. The van der Waals surface area contributed by atoms with Gasteiger partial charge in [0.15, 0.2) is 0 Å². The van der Waals surface area contributed by atoms with Crippen LogP contribution in [0.2, 0.25) is 0 Å². The molecule has 0 amide bonds. The summed E-state index contributed by atoms with van der Waals surface area (Å²) in [5.41, 5.74) is 0. The molecule has 0 aliphatic heterocycles. The molecule has 0 unspecified atom stereocenters. The first kappa shape index (κ1) is 18.8. The molecule has 6 heteroatoms. The minimum absolute atomic E-state index is 0.0461. The second-order valence-corrected chi connectivity index (χ2v) is 8.61. The Bertz CT molecular complexity index is 1040. The predicted octanol–water partition coefficient (Wildman–Crippen LogP) is 5.50. The van der Waals surface area contributed by atoms with E-state index in [-0.39, 0.29) is 4.90 Å². The number of benzene rings is 3. The number of rotatable bonds is 7. The van der Waals surface area contributed by atoms with Crippen LogP contribution in [-0.2, 0) is 9.05 Å². The molecule has 26 heavy (non-hydrogen) atoms. The number of halogens is 1. The molecule has 138 valence electrons. The molecule has 0 N–H and O–H groups in total. The van der Waals surface area contributed by atoms with Crippen molar-refractivity contribution in [3.8, 4) is 11.5 Å². The summed E-state index contributed by atoms with van der Waals surface area (Å²) in [6.07, 6.45) is 1.72. The molecular weight excluding hydrogens is 372 g/mol. The van der Waals surface area contributed by atoms with Gasteiger partial charge in [0.05, 0.1) is 18.1 Å². The van der Waals surface area contributed by atoms with Gasteiger partial charge in [-0.3, -0.25) is 0 Å². The van der Waals surface area contributed by atoms with Gasteiger partial charge in [-0.25, -0.2) is 8.42 Å². The highest BCUT2D eigenvalue weighted by molar-refractivity contribution is 8.13. The molecule has 0 aliphatic carbocycles. The van der Waals surface area contributed by atoms with Crippen molar-refractivity contribution in [1.29, 1.82) is 0 Å². The molecule has 0 aliphatic rings. The van der Waals surface area contributed by atoms with Crippen LogP contribution in [-0.4, -0.2) is 21.6 Å². The first-order chi connectivity index (χ1) is 12.5. The van der Waals surface area contributed by atoms with Gasteiger partial charge in [-0.05, 0) is 31.0 Å². The van der Waals surface area contributed by atoms with E-state index in [1.807, 2.05) is 38.1 Å². The van der Waals surface area contributed by atoms with Crippen LogP contribution in [0.15, 0.2) is 47.4 Å². The number of hydrogen-bond acceptors (Lipinski definition) is 4. The first-order valence-electron chi connectivity index (χ1n) is 8.66. The van der Waals surface area contributed by atoms with Crippen molar-refractivity contribution in [2.24, 2.45) is 0 Å². The van der Waals surface area contributed by atoms with Crippen molar-refractivity contribution in [1.82, 2.24) is 0 Å². The monoisotopic (exact) mass is 392 g/mol. The fraction of sp³-hybridized carbons (Fsp3) is 0.300. The Kier molecular flexibility index (Phi) is 5.58. The summed E-state index contributed by atoms with van der Waals surface area (Å²) in [5, 5.41) is 3.34. The van der Waals surface area contributed by atoms with Crippen molar-refractivity contribution in [2.75, 3.05) is 13.2 Å². The molecule has 0 radical (unpaired) electrons. The minimum Gasteiger partial charge on any atom is -0.492 e. The summed E-state index contributed by atoms with van der Waals surface area (Å²) in [6.45, 7) is 5.18. The highest BCUT2D eigenvalue weighted by Gasteiger charge is 2.19. The fourth-order valence-electron chi connectivity index (χ4n) is 2.95. The van der Waals surface area contributed by atoms with Gasteiger partial charge in [-0.1, -0.05) is 38.1 Å². The van der Waals surface area contributed by atoms with Gasteiger partial charge in [-0.15, -0.1) is 0 Å². The SMILES string of the molecule is CCCOc1c2ccccc2c(OCCC)c2cc(S(=O)(=O)Cl)ccc12. The zero-order valence-corrected chi connectivity index (χ0v) is 16.4. The molecule has 0 fully saturated rings. The summed E-state index contributed by atoms with van der Waals surface area (Å²) in [6, 6.07) is 12.6. The van der Waals surface area contributed by atoms with Crippen LogP contribution in [0, 0.1) is 0 Å². The Hall–Kier alpha value is -1.98. The number of hydrogen-bond donors (Lipinski definition) is 0. The lowest BCUT2D eigenvalue weighted by Gasteiger charge is -2.18. The van der Waals surface area contributed by atoms with Gasteiger partial charge >= 0.3 is 0 Å². The molecule has 0 atom stereocenters. The summed E-state index contributed by atoms with van der Waals surface area (Å²) in [4.78, 5) is 0.0461. The van der Waals surface area contributed by atoms with E-state index >= 15 is 0 Å². The highest BCUT2D eigenvalue weighted by atomic mass is 35.7. The van der Waals surface area contributed by atoms with Crippen LogP contribution < -0.4 is 9.47 Å². The molecule has 0 bridgehead atoms. The predicted molar refractivity (Wildman–Crippen MR) is 106 cm³/mol. The second-order valence-electron chi connectivity index (χ2n) is 6.05. The van der Waals surface area contributed by atoms with E-state index in [1.54, 1.807) is 12.1 Å². The van der Waals surface area contributed by atoms with Crippen molar-refractivity contribution in [3.05, 3.63) is 42.5 Å². The summed E-state index contributed by atoms with van der Waals surface area (Å²) in [5.74, 6) is 1.39. The topological polar surface area (TPSA) is 52.6 Å². The Morgan fingerprint density at radius 1 is 0.808 bits per heavy atom. The lowest BCUT2D eigenvalue weighted by molar-refractivity contribution is 0.319. The summed E-state index contributed by atoms with van der Waals surface area (Å²) in [7, 11) is 1.72. The lowest BCUT2D eigenvalue weighted by Crippen LogP contribution is -2.01. The van der Waals surface area contributed by atoms with Gasteiger partial charge in [0.2, 0.25) is 0 Å². The maximum atomic E-state index is 11.8. The molecule has 0 saturated heterocycles. The first-order valence-corrected chi connectivity index (χ1v) is 11.0. The van der Waals surface area contributed by atoms with Gasteiger partial charge in [0.25, 0.3) is 9.05 Å². The zero-order valence-electron chi connectivity index (χ0n) is 14.8. The Balaban J connectivity index is 2.40. The molecule has 3 rings (SSSR count). The second kappa shape index (κ2) is 7.72. The average molecular weight is 393 g/mol. The largest absolute Gasteiger partial charge is 0.492 e. The van der Waals surface area contributed by atoms with Gasteiger partial charge in [0.1, 0.15) is 11.5 Å². The van der Waals surface area contributed by atoms with Crippen LogP contribution in [0.5, 0.6) is 11.5 Å². The van der Waals surface area contributed by atoms with E-state index in [9.17, 15) is 8.42 Å². The van der Waals surface area contributed by atoms with Crippen molar-refractivity contribution in [2.45, 2.75) is 31.6 Å². The molecular formula is C20H21ClO4S. The van der Waals surface area contributed by atoms with Crippen LogP contribution in [0.3, 0.4) is 0 Å². The lowest BCUT2D eigenvalue weighted by atomic mass is 10.0. The van der Waals surface area contributed by atoms with Crippen LogP contribution >= 0.6 is 10.7 Å². The van der Waals surface area contributed by atoms with Crippen LogP contribution in [0.25, 0.3) is 21.5 Å². The minimum atomic E-state index is -3.84. The normalized spacial score (nSPS) is 11.8. The maximum Gasteiger partial charge on any atom is 0.261 e. The molecule has 0 aromatic heterocycles. The quantitative estimate of drug-likeness (QED) is 0.393.